The minimum Gasteiger partial charge on any atom is -0.456 e. The molecule has 0 bridgehead atoms. The lowest BCUT2D eigenvalue weighted by atomic mass is 10.1. The van der Waals surface area contributed by atoms with Gasteiger partial charge in [0, 0.05) is 37.2 Å². The third-order valence-corrected chi connectivity index (χ3v) is 4.31. The van der Waals surface area contributed by atoms with Gasteiger partial charge in [0.2, 0.25) is 0 Å². The van der Waals surface area contributed by atoms with Crippen molar-refractivity contribution >= 4 is 17.6 Å². The van der Waals surface area contributed by atoms with E-state index in [9.17, 15) is 9.59 Å². The molecule has 1 amide bonds. The maximum absolute atomic E-state index is 12.3. The topological polar surface area (TPSA) is 71.5 Å². The normalized spacial score (nSPS) is 16.9. The number of anilines is 1. The average Bonchev–Trinajstić information content (AvgIpc) is 3.09. The summed E-state index contributed by atoms with van der Waals surface area (Å²) in [7, 11) is 0. The first-order valence-corrected chi connectivity index (χ1v) is 9.11. The summed E-state index contributed by atoms with van der Waals surface area (Å²) in [5.41, 5.74) is 1.62. The van der Waals surface area contributed by atoms with E-state index >= 15 is 0 Å². The van der Waals surface area contributed by atoms with Gasteiger partial charge >= 0.3 is 5.97 Å². The first kappa shape index (κ1) is 18.9. The fourth-order valence-electron chi connectivity index (χ4n) is 3.02. The van der Waals surface area contributed by atoms with Gasteiger partial charge < -0.3 is 15.0 Å². The van der Waals surface area contributed by atoms with Gasteiger partial charge in [0.25, 0.3) is 5.91 Å². The Labute approximate surface area is 159 Å². The molecule has 1 atom stereocenters. The summed E-state index contributed by atoms with van der Waals surface area (Å²) in [4.78, 5) is 30.5. The lowest BCUT2D eigenvalue weighted by molar-refractivity contribution is 0.00694. The van der Waals surface area contributed by atoms with Gasteiger partial charge in [-0.2, -0.15) is 0 Å². The van der Waals surface area contributed by atoms with E-state index in [1.54, 1.807) is 36.7 Å². The number of esters is 1. The smallest absolute Gasteiger partial charge is 0.338 e. The Morgan fingerprint density at radius 2 is 1.89 bits per heavy atom. The second kappa shape index (κ2) is 7.78. The SMILES string of the molecule is CC(C)(C)OC(=O)c1ccc(N2CCC(NC(=O)c3cccnc3)C2)cc1. The molecule has 2 aromatic rings. The predicted octanol–water partition coefficient (Wildman–Crippen LogP) is 3.05. The molecule has 6 heteroatoms. The largest absolute Gasteiger partial charge is 0.456 e. The highest BCUT2D eigenvalue weighted by atomic mass is 16.6. The summed E-state index contributed by atoms with van der Waals surface area (Å²) >= 11 is 0. The van der Waals surface area contributed by atoms with Crippen LogP contribution < -0.4 is 10.2 Å². The van der Waals surface area contributed by atoms with Gasteiger partial charge in [0.05, 0.1) is 11.1 Å². The van der Waals surface area contributed by atoms with Crippen molar-refractivity contribution in [2.24, 2.45) is 0 Å². The van der Waals surface area contributed by atoms with Crippen molar-refractivity contribution in [2.45, 2.75) is 38.8 Å². The number of hydrogen-bond acceptors (Lipinski definition) is 5. The van der Waals surface area contributed by atoms with Crippen molar-refractivity contribution in [3.63, 3.8) is 0 Å². The molecule has 1 fully saturated rings. The maximum atomic E-state index is 12.3. The van der Waals surface area contributed by atoms with Crippen LogP contribution in [0.1, 0.15) is 47.9 Å². The first-order valence-electron chi connectivity index (χ1n) is 9.11. The average molecular weight is 367 g/mol. The number of carbonyl (C=O) groups excluding carboxylic acids is 2. The quantitative estimate of drug-likeness (QED) is 0.841. The van der Waals surface area contributed by atoms with Crippen molar-refractivity contribution in [1.82, 2.24) is 10.3 Å². The molecule has 1 saturated heterocycles. The summed E-state index contributed by atoms with van der Waals surface area (Å²) in [6, 6.07) is 11.0. The highest BCUT2D eigenvalue weighted by Crippen LogP contribution is 2.22. The lowest BCUT2D eigenvalue weighted by Gasteiger charge is -2.21. The highest BCUT2D eigenvalue weighted by molar-refractivity contribution is 5.94. The number of carbonyl (C=O) groups is 2. The van der Waals surface area contributed by atoms with Crippen LogP contribution in [-0.2, 0) is 4.74 Å². The molecule has 142 valence electrons. The number of amides is 1. The fourth-order valence-corrected chi connectivity index (χ4v) is 3.02. The van der Waals surface area contributed by atoms with Crippen molar-refractivity contribution in [3.05, 3.63) is 59.9 Å². The van der Waals surface area contributed by atoms with Crippen molar-refractivity contribution in [2.75, 3.05) is 18.0 Å². The van der Waals surface area contributed by atoms with Crippen molar-refractivity contribution in [1.29, 1.82) is 0 Å². The van der Waals surface area contributed by atoms with Crippen LogP contribution in [-0.4, -0.2) is 41.6 Å². The molecule has 3 rings (SSSR count). The Kier molecular flexibility index (Phi) is 5.44. The minimum atomic E-state index is -0.510. The second-order valence-corrected chi connectivity index (χ2v) is 7.70. The zero-order valence-electron chi connectivity index (χ0n) is 15.9. The van der Waals surface area contributed by atoms with E-state index < -0.39 is 5.60 Å². The maximum Gasteiger partial charge on any atom is 0.338 e. The predicted molar refractivity (Wildman–Crippen MR) is 104 cm³/mol. The Morgan fingerprint density at radius 1 is 1.15 bits per heavy atom. The van der Waals surface area contributed by atoms with Crippen LogP contribution in [0.3, 0.4) is 0 Å². The summed E-state index contributed by atoms with van der Waals surface area (Å²) in [5, 5.41) is 3.06. The van der Waals surface area contributed by atoms with Gasteiger partial charge in [0.1, 0.15) is 5.60 Å². The molecule has 1 unspecified atom stereocenters. The molecule has 0 saturated carbocycles. The highest BCUT2D eigenvalue weighted by Gasteiger charge is 2.25. The molecule has 0 spiro atoms. The van der Waals surface area contributed by atoms with E-state index in [4.69, 9.17) is 4.74 Å². The molecule has 27 heavy (non-hydrogen) atoms. The molecular weight excluding hydrogens is 342 g/mol. The molecule has 6 nitrogen and oxygen atoms in total. The van der Waals surface area contributed by atoms with E-state index in [2.05, 4.69) is 15.2 Å². The van der Waals surface area contributed by atoms with Gasteiger partial charge in [-0.1, -0.05) is 0 Å². The van der Waals surface area contributed by atoms with Crippen molar-refractivity contribution in [3.8, 4) is 0 Å². The lowest BCUT2D eigenvalue weighted by Crippen LogP contribution is -2.37. The van der Waals surface area contributed by atoms with Crippen LogP contribution in [0.25, 0.3) is 0 Å². The first-order chi connectivity index (χ1) is 12.8. The number of aromatic nitrogens is 1. The number of pyridine rings is 1. The zero-order chi connectivity index (χ0) is 19.4. The third-order valence-electron chi connectivity index (χ3n) is 4.31. The summed E-state index contributed by atoms with van der Waals surface area (Å²) in [5.74, 6) is -0.424. The van der Waals surface area contributed by atoms with Gasteiger partial charge in [-0.25, -0.2) is 4.79 Å². The number of rotatable bonds is 4. The van der Waals surface area contributed by atoms with E-state index in [1.807, 2.05) is 32.9 Å². The minimum absolute atomic E-state index is 0.0863. The van der Waals surface area contributed by atoms with Gasteiger partial charge in [-0.05, 0) is 63.6 Å². The molecule has 1 aliphatic heterocycles. The van der Waals surface area contributed by atoms with Crippen molar-refractivity contribution < 1.29 is 14.3 Å². The Bertz CT molecular complexity index is 798. The Balaban J connectivity index is 1.57. The Hall–Kier alpha value is -2.89. The molecule has 0 radical (unpaired) electrons. The molecule has 2 heterocycles. The summed E-state index contributed by atoms with van der Waals surface area (Å²) < 4.78 is 5.39. The standard InChI is InChI=1S/C21H25N3O3/c1-21(2,3)27-20(26)15-6-8-18(9-7-15)24-12-10-17(14-24)23-19(25)16-5-4-11-22-13-16/h4-9,11,13,17H,10,12,14H2,1-3H3,(H,23,25). The van der Waals surface area contributed by atoms with Gasteiger partial charge in [-0.3, -0.25) is 9.78 Å². The van der Waals surface area contributed by atoms with E-state index in [0.29, 0.717) is 11.1 Å². The molecule has 1 aliphatic rings. The van der Waals surface area contributed by atoms with Crippen LogP contribution >= 0.6 is 0 Å². The van der Waals surface area contributed by atoms with Crippen LogP contribution in [0, 0.1) is 0 Å². The van der Waals surface area contributed by atoms with Crippen LogP contribution in [0.4, 0.5) is 5.69 Å². The zero-order valence-corrected chi connectivity index (χ0v) is 15.9. The monoisotopic (exact) mass is 367 g/mol. The number of nitrogens with zero attached hydrogens (tertiary/aromatic N) is 2. The third kappa shape index (κ3) is 5.06. The van der Waals surface area contributed by atoms with Gasteiger partial charge in [-0.15, -0.1) is 0 Å². The number of nitrogens with one attached hydrogen (secondary N) is 1. The number of benzene rings is 1. The number of hydrogen-bond donors (Lipinski definition) is 1. The number of ether oxygens (including phenoxy) is 1. The molecule has 1 aromatic heterocycles. The summed E-state index contributed by atoms with van der Waals surface area (Å²) in [6.07, 6.45) is 4.09. The Morgan fingerprint density at radius 3 is 2.52 bits per heavy atom. The van der Waals surface area contributed by atoms with E-state index in [-0.39, 0.29) is 17.9 Å². The van der Waals surface area contributed by atoms with Gasteiger partial charge in [0.15, 0.2) is 0 Å². The fraction of sp³-hybridized carbons (Fsp3) is 0.381. The van der Waals surface area contributed by atoms with Crippen LogP contribution in [0.5, 0.6) is 0 Å². The molecule has 1 N–H and O–H groups in total. The summed E-state index contributed by atoms with van der Waals surface area (Å²) in [6.45, 7) is 7.14. The van der Waals surface area contributed by atoms with Crippen LogP contribution in [0.2, 0.25) is 0 Å². The van der Waals surface area contributed by atoms with E-state index in [0.717, 1.165) is 25.2 Å². The molecule has 0 aliphatic carbocycles. The second-order valence-electron chi connectivity index (χ2n) is 7.70. The molecule has 1 aromatic carbocycles. The molecular formula is C21H25N3O3. The van der Waals surface area contributed by atoms with Crippen LogP contribution in [0.15, 0.2) is 48.8 Å². The van der Waals surface area contributed by atoms with E-state index in [1.165, 1.54) is 0 Å².